The molecular weight excluding hydrogens is 580 g/mol. The number of ether oxygens (including phenoxy) is 3. The summed E-state index contributed by atoms with van der Waals surface area (Å²) < 4.78 is 98.6. The lowest BCUT2D eigenvalue weighted by molar-refractivity contribution is -0.219. The highest BCUT2D eigenvalue weighted by molar-refractivity contribution is 5.76. The fourth-order valence-electron chi connectivity index (χ4n) is 6.13. The SMILES string of the molecule is CCOC(=O)[C@]1(C)CCCN(C[C@H]2CCOC(OC(CO)c3cc(C(F)(F)F)cc(C(F)(F)F)c3)[C@@H]2c2ccccc2)C1. The van der Waals surface area contributed by atoms with Crippen LogP contribution in [0, 0.1) is 11.3 Å². The quantitative estimate of drug-likeness (QED) is 0.253. The smallest absolute Gasteiger partial charge is 0.416 e. The fraction of sp³-hybridized carbons (Fsp3) is 0.581. The number of alkyl halides is 6. The van der Waals surface area contributed by atoms with Crippen molar-refractivity contribution in [2.75, 3.05) is 39.5 Å². The maximum absolute atomic E-state index is 13.5. The predicted octanol–water partition coefficient (Wildman–Crippen LogP) is 6.59. The van der Waals surface area contributed by atoms with Crippen LogP contribution in [-0.2, 0) is 31.4 Å². The molecule has 0 aromatic heterocycles. The first-order valence-electron chi connectivity index (χ1n) is 14.4. The molecule has 0 amide bonds. The van der Waals surface area contributed by atoms with Gasteiger partial charge in [-0.15, -0.1) is 0 Å². The van der Waals surface area contributed by atoms with E-state index >= 15 is 0 Å². The van der Waals surface area contributed by atoms with Gasteiger partial charge in [0.05, 0.1) is 36.4 Å². The summed E-state index contributed by atoms with van der Waals surface area (Å²) in [5.41, 5.74) is -3.28. The number of esters is 1. The number of aliphatic hydroxyl groups excluding tert-OH is 1. The van der Waals surface area contributed by atoms with Gasteiger partial charge < -0.3 is 24.2 Å². The molecule has 2 aromatic rings. The molecule has 0 radical (unpaired) electrons. The number of piperidine rings is 1. The standard InChI is InChI=1S/C31H37F6NO5/c1-3-41-28(40)29(2)11-7-12-38(19-29)17-21-10-13-42-27(26(21)20-8-5-4-6-9-20)43-25(18-39)22-14-23(30(32,33)34)16-24(15-22)31(35,36)37/h4-6,8-9,14-16,21,25-27,39H,3,7,10-13,17-19H2,1-2H3/t21-,25?,26-,27?,29-/m1/s1. The molecule has 2 unspecified atom stereocenters. The van der Waals surface area contributed by atoms with E-state index in [0.29, 0.717) is 38.1 Å². The Balaban J connectivity index is 1.62. The zero-order chi connectivity index (χ0) is 31.4. The molecule has 238 valence electrons. The average molecular weight is 618 g/mol. The van der Waals surface area contributed by atoms with Crippen molar-refractivity contribution < 1.29 is 50.5 Å². The second-order valence-corrected chi connectivity index (χ2v) is 11.5. The van der Waals surface area contributed by atoms with E-state index in [1.807, 2.05) is 37.3 Å². The second-order valence-electron chi connectivity index (χ2n) is 11.5. The maximum Gasteiger partial charge on any atom is 0.416 e. The van der Waals surface area contributed by atoms with E-state index in [1.54, 1.807) is 6.92 Å². The molecule has 2 heterocycles. The van der Waals surface area contributed by atoms with Gasteiger partial charge in [0.2, 0.25) is 0 Å². The lowest BCUT2D eigenvalue weighted by Gasteiger charge is -2.44. The summed E-state index contributed by atoms with van der Waals surface area (Å²) in [6.45, 7) is 5.10. The third kappa shape index (κ3) is 8.09. The summed E-state index contributed by atoms with van der Waals surface area (Å²) >= 11 is 0. The van der Waals surface area contributed by atoms with E-state index in [9.17, 15) is 36.2 Å². The number of halogens is 6. The van der Waals surface area contributed by atoms with E-state index < -0.39 is 59.4 Å². The van der Waals surface area contributed by atoms with Crippen molar-refractivity contribution in [2.24, 2.45) is 11.3 Å². The minimum Gasteiger partial charge on any atom is -0.466 e. The summed E-state index contributed by atoms with van der Waals surface area (Å²) in [5, 5.41) is 10.1. The van der Waals surface area contributed by atoms with Gasteiger partial charge in [0, 0.05) is 19.0 Å². The Morgan fingerprint density at radius 2 is 1.74 bits per heavy atom. The van der Waals surface area contributed by atoms with Crippen LogP contribution in [0.3, 0.4) is 0 Å². The van der Waals surface area contributed by atoms with Crippen molar-refractivity contribution >= 4 is 5.97 Å². The molecule has 2 saturated heterocycles. The number of hydrogen-bond donors (Lipinski definition) is 1. The van der Waals surface area contributed by atoms with Crippen molar-refractivity contribution in [3.8, 4) is 0 Å². The molecule has 0 saturated carbocycles. The second kappa shape index (κ2) is 13.5. The molecule has 6 nitrogen and oxygen atoms in total. The van der Waals surface area contributed by atoms with Crippen LogP contribution in [0.1, 0.15) is 67.4 Å². The number of carbonyl (C=O) groups is 1. The monoisotopic (exact) mass is 617 g/mol. The maximum atomic E-state index is 13.5. The Hall–Kier alpha value is -2.67. The van der Waals surface area contributed by atoms with Crippen LogP contribution in [0.25, 0.3) is 0 Å². The third-order valence-corrected chi connectivity index (χ3v) is 8.24. The number of aliphatic hydroxyl groups is 1. The molecule has 2 aromatic carbocycles. The van der Waals surface area contributed by atoms with Crippen LogP contribution >= 0.6 is 0 Å². The summed E-state index contributed by atoms with van der Waals surface area (Å²) in [5.74, 6) is -0.789. The Kier molecular flexibility index (Phi) is 10.5. The lowest BCUT2D eigenvalue weighted by Crippen LogP contribution is -2.50. The van der Waals surface area contributed by atoms with Crippen LogP contribution in [-0.4, -0.2) is 61.7 Å². The highest BCUT2D eigenvalue weighted by atomic mass is 19.4. The number of likely N-dealkylation sites (tertiary alicyclic amines) is 1. The zero-order valence-corrected chi connectivity index (χ0v) is 24.1. The molecule has 2 fully saturated rings. The van der Waals surface area contributed by atoms with Crippen LogP contribution in [0.4, 0.5) is 26.3 Å². The fourth-order valence-corrected chi connectivity index (χ4v) is 6.13. The van der Waals surface area contributed by atoms with E-state index in [4.69, 9.17) is 14.2 Å². The van der Waals surface area contributed by atoms with Gasteiger partial charge in [0.15, 0.2) is 6.29 Å². The summed E-state index contributed by atoms with van der Waals surface area (Å²) in [6.07, 6.45) is -10.6. The van der Waals surface area contributed by atoms with Gasteiger partial charge >= 0.3 is 18.3 Å². The number of benzene rings is 2. The highest BCUT2D eigenvalue weighted by Crippen LogP contribution is 2.42. The molecule has 0 bridgehead atoms. The zero-order valence-electron chi connectivity index (χ0n) is 24.1. The number of rotatable bonds is 9. The van der Waals surface area contributed by atoms with Gasteiger partial charge in [-0.1, -0.05) is 30.3 Å². The Bertz CT molecular complexity index is 1190. The van der Waals surface area contributed by atoms with Gasteiger partial charge in [-0.3, -0.25) is 4.79 Å². The van der Waals surface area contributed by atoms with Crippen molar-refractivity contribution in [3.05, 3.63) is 70.8 Å². The summed E-state index contributed by atoms with van der Waals surface area (Å²) in [4.78, 5) is 14.9. The van der Waals surface area contributed by atoms with Gasteiger partial charge in [-0.05, 0) is 74.9 Å². The first kappa shape index (κ1) is 33.2. The Labute approximate surface area is 246 Å². The third-order valence-electron chi connectivity index (χ3n) is 8.24. The molecule has 2 aliphatic rings. The number of nitrogens with zero attached hydrogens (tertiary/aromatic N) is 1. The lowest BCUT2D eigenvalue weighted by atomic mass is 9.78. The largest absolute Gasteiger partial charge is 0.466 e. The van der Waals surface area contributed by atoms with Gasteiger partial charge in [-0.2, -0.15) is 26.3 Å². The topological polar surface area (TPSA) is 68.2 Å². The van der Waals surface area contributed by atoms with E-state index in [2.05, 4.69) is 4.90 Å². The molecule has 5 atom stereocenters. The van der Waals surface area contributed by atoms with Crippen molar-refractivity contribution in [1.82, 2.24) is 4.90 Å². The van der Waals surface area contributed by atoms with Crippen LogP contribution in [0.5, 0.6) is 0 Å². The highest BCUT2D eigenvalue weighted by Gasteiger charge is 2.43. The number of carbonyl (C=O) groups excluding carboxylic acids is 1. The summed E-state index contributed by atoms with van der Waals surface area (Å²) in [6, 6.07) is 10.4. The van der Waals surface area contributed by atoms with Crippen molar-refractivity contribution in [1.29, 1.82) is 0 Å². The molecule has 12 heteroatoms. The van der Waals surface area contributed by atoms with Crippen LogP contribution in [0.2, 0.25) is 0 Å². The molecule has 0 aliphatic carbocycles. The van der Waals surface area contributed by atoms with Gasteiger partial charge in [-0.25, -0.2) is 0 Å². The average Bonchev–Trinajstić information content (AvgIpc) is 2.95. The van der Waals surface area contributed by atoms with E-state index in [0.717, 1.165) is 18.5 Å². The van der Waals surface area contributed by atoms with E-state index in [1.165, 1.54) is 0 Å². The molecular formula is C31H37F6NO5. The van der Waals surface area contributed by atoms with Crippen molar-refractivity contribution in [3.63, 3.8) is 0 Å². The van der Waals surface area contributed by atoms with E-state index in [-0.39, 0.29) is 31.2 Å². The number of hydrogen-bond acceptors (Lipinski definition) is 6. The molecule has 4 rings (SSSR count). The van der Waals surface area contributed by atoms with Crippen LogP contribution < -0.4 is 0 Å². The normalized spacial score (nSPS) is 26.2. The Morgan fingerprint density at radius 1 is 1.09 bits per heavy atom. The first-order valence-corrected chi connectivity index (χ1v) is 14.4. The minimum atomic E-state index is -5.04. The molecule has 2 aliphatic heterocycles. The van der Waals surface area contributed by atoms with Gasteiger partial charge in [0.25, 0.3) is 0 Å². The Morgan fingerprint density at radius 3 is 2.33 bits per heavy atom. The molecule has 43 heavy (non-hydrogen) atoms. The van der Waals surface area contributed by atoms with Crippen molar-refractivity contribution in [2.45, 2.75) is 63.8 Å². The van der Waals surface area contributed by atoms with Gasteiger partial charge in [0.1, 0.15) is 6.10 Å². The molecule has 0 spiro atoms. The van der Waals surface area contributed by atoms with Crippen LogP contribution in [0.15, 0.2) is 48.5 Å². The predicted molar refractivity (Wildman–Crippen MR) is 145 cm³/mol. The minimum absolute atomic E-state index is 0.0422. The first-order chi connectivity index (χ1) is 20.2. The summed E-state index contributed by atoms with van der Waals surface area (Å²) in [7, 11) is 0. The molecule has 1 N–H and O–H groups in total.